The van der Waals surface area contributed by atoms with E-state index in [4.69, 9.17) is 0 Å². The van der Waals surface area contributed by atoms with E-state index in [9.17, 15) is 4.79 Å². The Morgan fingerprint density at radius 1 is 1.35 bits per heavy atom. The number of nitrogens with one attached hydrogen (secondary N) is 1. The van der Waals surface area contributed by atoms with Gasteiger partial charge in [-0.05, 0) is 50.2 Å². The summed E-state index contributed by atoms with van der Waals surface area (Å²) in [6, 6.07) is 0.945. The molecule has 0 bridgehead atoms. The quantitative estimate of drug-likeness (QED) is 0.926. The van der Waals surface area contributed by atoms with Crippen LogP contribution in [0.25, 0.3) is 0 Å². The van der Waals surface area contributed by atoms with Crippen molar-refractivity contribution in [2.45, 2.75) is 57.5 Å². The van der Waals surface area contributed by atoms with Gasteiger partial charge in [-0.1, -0.05) is 18.3 Å². The summed E-state index contributed by atoms with van der Waals surface area (Å²) in [6.45, 7) is 4.09. The van der Waals surface area contributed by atoms with E-state index in [1.165, 1.54) is 11.5 Å². The number of rotatable bonds is 4. The highest BCUT2D eigenvalue weighted by Gasteiger charge is 2.29. The Kier molecular flexibility index (Phi) is 5.10. The summed E-state index contributed by atoms with van der Waals surface area (Å²) in [5.74, 6) is 0.317. The number of amides is 1. The van der Waals surface area contributed by atoms with Gasteiger partial charge in [-0.15, -0.1) is 5.10 Å². The van der Waals surface area contributed by atoms with Crippen molar-refractivity contribution in [3.05, 3.63) is 10.6 Å². The zero-order chi connectivity index (χ0) is 14.7. The zero-order valence-corrected chi connectivity index (χ0v) is 13.5. The van der Waals surface area contributed by atoms with Gasteiger partial charge in [-0.3, -0.25) is 4.79 Å². The fourth-order valence-electron chi connectivity index (χ4n) is 2.80. The van der Waals surface area contributed by atoms with Gasteiger partial charge in [0, 0.05) is 19.1 Å². The molecule has 1 N–H and O–H groups in total. The van der Waals surface area contributed by atoms with Crippen molar-refractivity contribution < 1.29 is 4.79 Å². The average molecular weight is 296 g/mol. The van der Waals surface area contributed by atoms with E-state index in [-0.39, 0.29) is 11.8 Å². The Morgan fingerprint density at radius 3 is 2.55 bits per heavy atom. The number of nitrogens with zero attached hydrogens (tertiary/aromatic N) is 3. The van der Waals surface area contributed by atoms with E-state index in [1.807, 2.05) is 32.8 Å². The molecule has 0 atom stereocenters. The molecule has 1 saturated carbocycles. The lowest BCUT2D eigenvalue weighted by Gasteiger charge is -2.34. The summed E-state index contributed by atoms with van der Waals surface area (Å²) in [6.07, 6.45) is 4.40. The Balaban J connectivity index is 2.04. The molecule has 5 nitrogen and oxygen atoms in total. The summed E-state index contributed by atoms with van der Waals surface area (Å²) in [5.41, 5.74) is 0.829. The molecule has 0 aliphatic heterocycles. The maximum atomic E-state index is 12.6. The minimum atomic E-state index is 0.0802. The number of hydrogen-bond donors (Lipinski definition) is 1. The summed E-state index contributed by atoms with van der Waals surface area (Å²) in [4.78, 5) is 15.2. The molecule has 1 aliphatic carbocycles. The van der Waals surface area contributed by atoms with Gasteiger partial charge >= 0.3 is 0 Å². The van der Waals surface area contributed by atoms with Crippen LogP contribution < -0.4 is 5.32 Å². The van der Waals surface area contributed by atoms with Crippen LogP contribution in [0.15, 0.2) is 0 Å². The van der Waals surface area contributed by atoms with E-state index in [2.05, 4.69) is 14.9 Å². The lowest BCUT2D eigenvalue weighted by molar-refractivity contribution is 0.0689. The van der Waals surface area contributed by atoms with Gasteiger partial charge in [0.1, 0.15) is 4.88 Å². The van der Waals surface area contributed by atoms with Gasteiger partial charge in [0.2, 0.25) is 0 Å². The lowest BCUT2D eigenvalue weighted by Crippen LogP contribution is -2.42. The molecule has 112 valence electrons. The lowest BCUT2D eigenvalue weighted by atomic mass is 9.90. The monoisotopic (exact) mass is 296 g/mol. The fraction of sp³-hybridized carbons (Fsp3) is 0.786. The highest BCUT2D eigenvalue weighted by atomic mass is 32.1. The van der Waals surface area contributed by atoms with Crippen molar-refractivity contribution in [3.8, 4) is 0 Å². The third-order valence-electron chi connectivity index (χ3n) is 4.23. The van der Waals surface area contributed by atoms with E-state index in [1.54, 1.807) is 0 Å². The van der Waals surface area contributed by atoms with Crippen LogP contribution in [0.2, 0.25) is 0 Å². The first-order chi connectivity index (χ1) is 9.54. The molecular formula is C14H24N4OS. The second kappa shape index (κ2) is 6.63. The smallest absolute Gasteiger partial charge is 0.267 e. The first-order valence-corrected chi connectivity index (χ1v) is 8.08. The minimum Gasteiger partial charge on any atom is -0.338 e. The predicted octanol–water partition coefficient (Wildman–Crippen LogP) is 2.26. The molecule has 1 aliphatic rings. The van der Waals surface area contributed by atoms with E-state index >= 15 is 0 Å². The number of aromatic nitrogens is 2. The van der Waals surface area contributed by atoms with Crippen molar-refractivity contribution >= 4 is 17.4 Å². The average Bonchev–Trinajstić information content (AvgIpc) is 2.95. The first kappa shape index (κ1) is 15.4. The molecule has 1 amide bonds. The summed E-state index contributed by atoms with van der Waals surface area (Å²) < 4.78 is 3.95. The molecule has 1 heterocycles. The maximum Gasteiger partial charge on any atom is 0.267 e. The molecule has 20 heavy (non-hydrogen) atoms. The van der Waals surface area contributed by atoms with Crippen molar-refractivity contribution in [1.29, 1.82) is 0 Å². The van der Waals surface area contributed by atoms with Crippen LogP contribution in [0.3, 0.4) is 0 Å². The number of carbonyl (C=O) groups is 1. The van der Waals surface area contributed by atoms with Crippen LogP contribution in [0.5, 0.6) is 0 Å². The molecule has 1 fully saturated rings. The normalized spacial score (nSPS) is 23.1. The highest BCUT2D eigenvalue weighted by Crippen LogP contribution is 2.26. The third-order valence-corrected chi connectivity index (χ3v) is 4.96. The van der Waals surface area contributed by atoms with E-state index in [0.29, 0.717) is 17.0 Å². The van der Waals surface area contributed by atoms with Gasteiger partial charge in [0.15, 0.2) is 0 Å². The minimum absolute atomic E-state index is 0.0802. The summed E-state index contributed by atoms with van der Waals surface area (Å²) >= 11 is 1.22. The van der Waals surface area contributed by atoms with Crippen LogP contribution in [0.1, 0.15) is 60.8 Å². The van der Waals surface area contributed by atoms with Gasteiger partial charge in [-0.25, -0.2) is 0 Å². The molecule has 6 heteroatoms. The van der Waals surface area contributed by atoms with Crippen LogP contribution >= 0.6 is 11.5 Å². The van der Waals surface area contributed by atoms with Crippen LogP contribution in [0.4, 0.5) is 0 Å². The summed E-state index contributed by atoms with van der Waals surface area (Å²) in [5, 5.41) is 7.42. The Hall–Kier alpha value is -1.01. The third kappa shape index (κ3) is 3.17. The largest absolute Gasteiger partial charge is 0.338 e. The molecule has 0 aromatic carbocycles. The Bertz CT molecular complexity index is 452. The van der Waals surface area contributed by atoms with Crippen molar-refractivity contribution in [2.75, 3.05) is 14.1 Å². The second-order valence-corrected chi connectivity index (χ2v) is 6.61. The van der Waals surface area contributed by atoms with Gasteiger partial charge in [0.05, 0.1) is 5.69 Å². The van der Waals surface area contributed by atoms with Crippen molar-refractivity contribution in [3.63, 3.8) is 0 Å². The predicted molar refractivity (Wildman–Crippen MR) is 81.2 cm³/mol. The molecular weight excluding hydrogens is 272 g/mol. The number of hydrogen-bond acceptors (Lipinski definition) is 5. The van der Waals surface area contributed by atoms with Crippen molar-refractivity contribution in [2.24, 2.45) is 0 Å². The van der Waals surface area contributed by atoms with Gasteiger partial charge < -0.3 is 10.2 Å². The Labute approximate surface area is 124 Å². The van der Waals surface area contributed by atoms with Crippen LogP contribution in [-0.2, 0) is 0 Å². The van der Waals surface area contributed by atoms with Crippen LogP contribution in [0, 0.1) is 0 Å². The summed E-state index contributed by atoms with van der Waals surface area (Å²) in [7, 11) is 3.92. The molecule has 2 rings (SSSR count). The Morgan fingerprint density at radius 2 is 2.00 bits per heavy atom. The molecule has 0 radical (unpaired) electrons. The second-order valence-electron chi connectivity index (χ2n) is 5.85. The molecule has 0 saturated heterocycles. The van der Waals surface area contributed by atoms with E-state index in [0.717, 1.165) is 31.4 Å². The maximum absolute atomic E-state index is 12.6. The molecule has 0 spiro atoms. The molecule has 0 unspecified atom stereocenters. The van der Waals surface area contributed by atoms with E-state index < -0.39 is 0 Å². The topological polar surface area (TPSA) is 58.1 Å². The zero-order valence-electron chi connectivity index (χ0n) is 12.7. The highest BCUT2D eigenvalue weighted by molar-refractivity contribution is 7.08. The molecule has 1 aromatic rings. The van der Waals surface area contributed by atoms with Gasteiger partial charge in [0.25, 0.3) is 5.91 Å². The van der Waals surface area contributed by atoms with Crippen LogP contribution in [-0.4, -0.2) is 46.6 Å². The SMILES string of the molecule is CNC1CCC(N(C)C(=O)c2snnc2C(C)C)CC1. The first-order valence-electron chi connectivity index (χ1n) is 7.31. The molecule has 1 aromatic heterocycles. The number of carbonyl (C=O) groups excluding carboxylic acids is 1. The van der Waals surface area contributed by atoms with Gasteiger partial charge in [-0.2, -0.15) is 0 Å². The standard InChI is InChI=1S/C14H24N4OS/c1-9(2)12-13(20-17-16-12)14(19)18(4)11-7-5-10(15-3)6-8-11/h9-11,15H,5-8H2,1-4H3. The fourth-order valence-corrected chi connectivity index (χ4v) is 3.60. The van der Waals surface area contributed by atoms with Crippen molar-refractivity contribution in [1.82, 2.24) is 19.8 Å².